The molecule has 0 unspecified atom stereocenters. The van der Waals surface area contributed by atoms with Crippen LogP contribution in [0.2, 0.25) is 0 Å². The van der Waals surface area contributed by atoms with E-state index in [9.17, 15) is 14.4 Å². The largest absolute Gasteiger partial charge is 0.342 e. The van der Waals surface area contributed by atoms with Gasteiger partial charge in [-0.3, -0.25) is 14.4 Å². The van der Waals surface area contributed by atoms with E-state index in [-0.39, 0.29) is 17.6 Å². The fourth-order valence-electron chi connectivity index (χ4n) is 2.49. The molecule has 22 heavy (non-hydrogen) atoms. The highest BCUT2D eigenvalue weighted by Crippen LogP contribution is 2.24. The lowest BCUT2D eigenvalue weighted by Crippen LogP contribution is -2.46. The number of nitrogens with one attached hydrogen (secondary N) is 1. The van der Waals surface area contributed by atoms with Gasteiger partial charge in [0.1, 0.15) is 5.41 Å². The summed E-state index contributed by atoms with van der Waals surface area (Å²) in [4.78, 5) is 37.9. The molecule has 0 radical (unpaired) electrons. The third-order valence-electron chi connectivity index (χ3n) is 4.04. The van der Waals surface area contributed by atoms with E-state index in [1.807, 2.05) is 0 Å². The minimum absolute atomic E-state index is 0.0255. The van der Waals surface area contributed by atoms with Crippen molar-refractivity contribution in [3.63, 3.8) is 0 Å². The normalized spacial score (nSPS) is 14.8. The van der Waals surface area contributed by atoms with Gasteiger partial charge in [0.05, 0.1) is 0 Å². The Kier molecular flexibility index (Phi) is 4.64. The first-order chi connectivity index (χ1) is 10.3. The summed E-state index contributed by atoms with van der Waals surface area (Å²) in [5, 5.41) is 2.75. The number of rotatable bonds is 4. The van der Waals surface area contributed by atoms with Crippen LogP contribution in [-0.4, -0.2) is 35.6 Å². The Morgan fingerprint density at radius 2 is 1.59 bits per heavy atom. The number of likely N-dealkylation sites (tertiary alicyclic amines) is 1. The number of amides is 2. The zero-order valence-electron chi connectivity index (χ0n) is 13.3. The van der Waals surface area contributed by atoms with Crippen LogP contribution in [0.4, 0.5) is 5.69 Å². The summed E-state index contributed by atoms with van der Waals surface area (Å²) in [6.45, 7) is 6.23. The molecule has 1 N–H and O–H groups in total. The molecule has 0 aromatic heterocycles. The highest BCUT2D eigenvalue weighted by Gasteiger charge is 2.39. The van der Waals surface area contributed by atoms with Gasteiger partial charge < -0.3 is 10.2 Å². The van der Waals surface area contributed by atoms with Gasteiger partial charge in [0, 0.05) is 24.3 Å². The van der Waals surface area contributed by atoms with Gasteiger partial charge in [-0.15, -0.1) is 0 Å². The van der Waals surface area contributed by atoms with Crippen LogP contribution in [0.15, 0.2) is 24.3 Å². The summed E-state index contributed by atoms with van der Waals surface area (Å²) < 4.78 is 0. The van der Waals surface area contributed by atoms with Crippen LogP contribution in [-0.2, 0) is 9.59 Å². The predicted octanol–water partition coefficient (Wildman–Crippen LogP) is 2.48. The summed E-state index contributed by atoms with van der Waals surface area (Å²) in [6, 6.07) is 6.66. The van der Waals surface area contributed by atoms with E-state index in [1.165, 1.54) is 6.92 Å². The molecule has 0 atom stereocenters. The molecule has 2 rings (SSSR count). The molecule has 1 saturated heterocycles. The summed E-state index contributed by atoms with van der Waals surface area (Å²) in [5.41, 5.74) is 0.0616. The number of carbonyl (C=O) groups excluding carboxylic acids is 3. The van der Waals surface area contributed by atoms with Crippen LogP contribution in [0.25, 0.3) is 0 Å². The number of Topliss-reactive ketones (excluding diaryl/α,β-unsaturated/α-hetero) is 1. The van der Waals surface area contributed by atoms with E-state index in [0.717, 1.165) is 25.9 Å². The van der Waals surface area contributed by atoms with Crippen molar-refractivity contribution in [2.75, 3.05) is 18.4 Å². The Labute approximate surface area is 130 Å². The smallest absolute Gasteiger partial charge is 0.239 e. The van der Waals surface area contributed by atoms with Crippen molar-refractivity contribution >= 4 is 23.3 Å². The van der Waals surface area contributed by atoms with Gasteiger partial charge >= 0.3 is 0 Å². The van der Waals surface area contributed by atoms with Crippen molar-refractivity contribution in [1.82, 2.24) is 4.90 Å². The van der Waals surface area contributed by atoms with E-state index >= 15 is 0 Å². The average molecular weight is 302 g/mol. The van der Waals surface area contributed by atoms with Crippen LogP contribution in [0, 0.1) is 5.41 Å². The first kappa shape index (κ1) is 16.2. The summed E-state index contributed by atoms with van der Waals surface area (Å²) in [7, 11) is 0. The number of carbonyl (C=O) groups is 3. The third kappa shape index (κ3) is 3.35. The Hall–Kier alpha value is -2.17. The van der Waals surface area contributed by atoms with Crippen molar-refractivity contribution in [1.29, 1.82) is 0 Å². The lowest BCUT2D eigenvalue weighted by molar-refractivity contribution is -0.145. The molecule has 0 bridgehead atoms. The molecule has 118 valence electrons. The topological polar surface area (TPSA) is 66.5 Å². The molecule has 0 aliphatic carbocycles. The molecule has 1 aromatic rings. The first-order valence-electron chi connectivity index (χ1n) is 7.54. The molecule has 5 nitrogen and oxygen atoms in total. The maximum atomic E-state index is 12.5. The second kappa shape index (κ2) is 6.30. The monoisotopic (exact) mass is 302 g/mol. The average Bonchev–Trinajstić information content (AvgIpc) is 3.00. The van der Waals surface area contributed by atoms with Gasteiger partial charge in [-0.2, -0.15) is 0 Å². The van der Waals surface area contributed by atoms with E-state index in [1.54, 1.807) is 43.0 Å². The van der Waals surface area contributed by atoms with Crippen LogP contribution in [0.1, 0.15) is 44.0 Å². The van der Waals surface area contributed by atoms with Gasteiger partial charge in [-0.1, -0.05) is 0 Å². The van der Waals surface area contributed by atoms with Crippen molar-refractivity contribution in [2.45, 2.75) is 33.6 Å². The van der Waals surface area contributed by atoms with Crippen molar-refractivity contribution in [3.05, 3.63) is 29.8 Å². The maximum absolute atomic E-state index is 12.5. The molecular formula is C17H22N2O3. The van der Waals surface area contributed by atoms with Crippen LogP contribution >= 0.6 is 0 Å². The van der Waals surface area contributed by atoms with E-state index in [2.05, 4.69) is 5.32 Å². The summed E-state index contributed by atoms with van der Waals surface area (Å²) in [5.74, 6) is -0.495. The number of nitrogens with zero attached hydrogens (tertiary/aromatic N) is 1. The minimum Gasteiger partial charge on any atom is -0.342 e. The molecule has 1 aliphatic rings. The predicted molar refractivity (Wildman–Crippen MR) is 84.7 cm³/mol. The van der Waals surface area contributed by atoms with Crippen molar-refractivity contribution in [3.8, 4) is 0 Å². The number of hydrogen-bond acceptors (Lipinski definition) is 3. The molecule has 0 saturated carbocycles. The molecule has 5 heteroatoms. The Bertz CT molecular complexity index is 584. The number of anilines is 1. The number of ketones is 1. The van der Waals surface area contributed by atoms with Crippen LogP contribution < -0.4 is 5.32 Å². The lowest BCUT2D eigenvalue weighted by atomic mass is 9.90. The highest BCUT2D eigenvalue weighted by atomic mass is 16.2. The third-order valence-corrected chi connectivity index (χ3v) is 4.04. The van der Waals surface area contributed by atoms with E-state index in [0.29, 0.717) is 11.3 Å². The first-order valence-corrected chi connectivity index (χ1v) is 7.54. The maximum Gasteiger partial charge on any atom is 0.239 e. The molecular weight excluding hydrogens is 280 g/mol. The molecule has 1 aliphatic heterocycles. The molecule has 1 heterocycles. The van der Waals surface area contributed by atoms with Gasteiger partial charge in [0.25, 0.3) is 0 Å². The Morgan fingerprint density at radius 3 is 2.09 bits per heavy atom. The number of hydrogen-bond donors (Lipinski definition) is 1. The summed E-state index contributed by atoms with van der Waals surface area (Å²) in [6.07, 6.45) is 1.99. The van der Waals surface area contributed by atoms with Crippen LogP contribution in [0.5, 0.6) is 0 Å². The highest BCUT2D eigenvalue weighted by molar-refractivity contribution is 6.10. The van der Waals surface area contributed by atoms with Gasteiger partial charge in [-0.05, 0) is 57.9 Å². The zero-order chi connectivity index (χ0) is 16.3. The molecule has 2 amide bonds. The molecule has 0 spiro atoms. The SMILES string of the molecule is CC(=O)c1ccc(NC(=O)C(C)(C)C(=O)N2CCCC2)cc1. The van der Waals surface area contributed by atoms with Gasteiger partial charge in [0.15, 0.2) is 5.78 Å². The van der Waals surface area contributed by atoms with Crippen molar-refractivity contribution < 1.29 is 14.4 Å². The molecule has 1 aromatic carbocycles. The summed E-state index contributed by atoms with van der Waals surface area (Å²) >= 11 is 0. The van der Waals surface area contributed by atoms with Crippen LogP contribution in [0.3, 0.4) is 0 Å². The minimum atomic E-state index is -1.11. The van der Waals surface area contributed by atoms with E-state index < -0.39 is 5.41 Å². The fraction of sp³-hybridized carbons (Fsp3) is 0.471. The van der Waals surface area contributed by atoms with Crippen molar-refractivity contribution in [2.24, 2.45) is 5.41 Å². The lowest BCUT2D eigenvalue weighted by Gasteiger charge is -2.28. The zero-order valence-corrected chi connectivity index (χ0v) is 13.3. The molecule has 1 fully saturated rings. The second-order valence-corrected chi connectivity index (χ2v) is 6.21. The number of benzene rings is 1. The second-order valence-electron chi connectivity index (χ2n) is 6.21. The standard InChI is InChI=1S/C17H22N2O3/c1-12(20)13-6-8-14(9-7-13)18-15(21)17(2,3)16(22)19-10-4-5-11-19/h6-9H,4-5,10-11H2,1-3H3,(H,18,21). The quantitative estimate of drug-likeness (QED) is 0.686. The Balaban J connectivity index is 2.06. The van der Waals surface area contributed by atoms with E-state index in [4.69, 9.17) is 0 Å². The van der Waals surface area contributed by atoms with Gasteiger partial charge in [0.2, 0.25) is 11.8 Å². The fourth-order valence-corrected chi connectivity index (χ4v) is 2.49. The van der Waals surface area contributed by atoms with Gasteiger partial charge in [-0.25, -0.2) is 0 Å². The Morgan fingerprint density at radius 1 is 1.05 bits per heavy atom.